The number of carbonyl (C=O) groups excluding carboxylic acids is 1. The molecule has 20 heavy (non-hydrogen) atoms. The lowest BCUT2D eigenvalue weighted by Gasteiger charge is -2.14. The molecule has 1 unspecified atom stereocenters. The minimum Gasteiger partial charge on any atom is -0.481 e. The van der Waals surface area contributed by atoms with Crippen molar-refractivity contribution < 1.29 is 19.2 Å². The zero-order valence-electron chi connectivity index (χ0n) is 12.3. The van der Waals surface area contributed by atoms with Crippen LogP contribution in [0.3, 0.4) is 0 Å². The quantitative estimate of drug-likeness (QED) is 0.800. The van der Waals surface area contributed by atoms with Gasteiger partial charge in [0.05, 0.1) is 5.92 Å². The molecular formula is C14H22N2O4. The molecule has 0 spiro atoms. The van der Waals surface area contributed by atoms with E-state index in [1.165, 1.54) is 0 Å². The van der Waals surface area contributed by atoms with Gasteiger partial charge in [-0.2, -0.15) is 0 Å². The van der Waals surface area contributed by atoms with Crippen LogP contribution < -0.4 is 5.32 Å². The van der Waals surface area contributed by atoms with E-state index in [2.05, 4.69) is 10.5 Å². The van der Waals surface area contributed by atoms with Crippen LogP contribution in [-0.2, 0) is 4.79 Å². The third kappa shape index (κ3) is 4.68. The van der Waals surface area contributed by atoms with E-state index < -0.39 is 17.8 Å². The van der Waals surface area contributed by atoms with Crippen LogP contribution in [-0.4, -0.2) is 28.7 Å². The number of amides is 1. The molecule has 2 N–H and O–H groups in total. The van der Waals surface area contributed by atoms with Gasteiger partial charge < -0.3 is 14.9 Å². The topological polar surface area (TPSA) is 92.4 Å². The molecule has 0 radical (unpaired) electrons. The Bertz CT molecular complexity index is 465. The molecule has 0 fully saturated rings. The molecule has 0 bridgehead atoms. The van der Waals surface area contributed by atoms with Crippen LogP contribution in [0.1, 0.15) is 56.3 Å². The fraction of sp³-hybridized carbons (Fsp3) is 0.643. The van der Waals surface area contributed by atoms with Crippen molar-refractivity contribution >= 4 is 11.9 Å². The molecule has 1 atom stereocenters. The number of carboxylic acids is 1. The number of nitrogens with zero attached hydrogens (tertiary/aromatic N) is 1. The number of nitrogens with one attached hydrogen (secondary N) is 1. The van der Waals surface area contributed by atoms with Crippen LogP contribution in [0, 0.1) is 11.8 Å². The summed E-state index contributed by atoms with van der Waals surface area (Å²) in [6.07, 6.45) is 0.520. The fourth-order valence-corrected chi connectivity index (χ4v) is 1.82. The summed E-state index contributed by atoms with van der Waals surface area (Å²) in [7, 11) is 0. The van der Waals surface area contributed by atoms with Crippen molar-refractivity contribution in [2.24, 2.45) is 11.8 Å². The predicted molar refractivity (Wildman–Crippen MR) is 73.5 cm³/mol. The second-order valence-corrected chi connectivity index (χ2v) is 5.64. The number of carboxylic acid groups (broad SMARTS) is 1. The molecule has 1 heterocycles. The molecule has 112 valence electrons. The maximum absolute atomic E-state index is 11.9. The van der Waals surface area contributed by atoms with Crippen molar-refractivity contribution in [1.29, 1.82) is 0 Å². The molecule has 0 aromatic carbocycles. The number of aliphatic carboxylic acids is 1. The van der Waals surface area contributed by atoms with E-state index in [0.29, 0.717) is 12.2 Å². The van der Waals surface area contributed by atoms with Crippen molar-refractivity contribution in [3.8, 4) is 0 Å². The Labute approximate surface area is 118 Å². The van der Waals surface area contributed by atoms with E-state index >= 15 is 0 Å². The first-order chi connectivity index (χ1) is 9.31. The van der Waals surface area contributed by atoms with E-state index in [9.17, 15) is 9.59 Å². The lowest BCUT2D eigenvalue weighted by atomic mass is 9.97. The molecule has 1 aromatic heterocycles. The largest absolute Gasteiger partial charge is 0.481 e. The third-order valence-electron chi connectivity index (χ3n) is 2.94. The molecule has 1 aromatic rings. The highest BCUT2D eigenvalue weighted by Crippen LogP contribution is 2.15. The predicted octanol–water partition coefficient (Wildman–Crippen LogP) is 2.27. The van der Waals surface area contributed by atoms with Crippen molar-refractivity contribution in [3.63, 3.8) is 0 Å². The van der Waals surface area contributed by atoms with Gasteiger partial charge in [-0.05, 0) is 12.3 Å². The molecule has 0 saturated carbocycles. The minimum atomic E-state index is -0.901. The zero-order valence-corrected chi connectivity index (χ0v) is 12.3. The summed E-state index contributed by atoms with van der Waals surface area (Å²) in [6, 6.07) is 1.58. The van der Waals surface area contributed by atoms with Gasteiger partial charge >= 0.3 is 5.97 Å². The first kappa shape index (κ1) is 16.2. The molecule has 0 aliphatic heterocycles. The normalized spacial score (nSPS) is 12.7. The Hall–Kier alpha value is -1.85. The summed E-state index contributed by atoms with van der Waals surface area (Å²) in [4.78, 5) is 23.0. The third-order valence-corrected chi connectivity index (χ3v) is 2.94. The van der Waals surface area contributed by atoms with Crippen molar-refractivity contribution in [2.75, 3.05) is 6.54 Å². The van der Waals surface area contributed by atoms with Gasteiger partial charge in [0.15, 0.2) is 5.69 Å². The van der Waals surface area contributed by atoms with E-state index in [-0.39, 0.29) is 24.1 Å². The average Bonchev–Trinajstić information content (AvgIpc) is 2.82. The van der Waals surface area contributed by atoms with Gasteiger partial charge in [-0.25, -0.2) is 0 Å². The highest BCUT2D eigenvalue weighted by Gasteiger charge is 2.21. The van der Waals surface area contributed by atoms with Crippen molar-refractivity contribution in [1.82, 2.24) is 10.5 Å². The van der Waals surface area contributed by atoms with E-state index in [4.69, 9.17) is 9.63 Å². The minimum absolute atomic E-state index is 0.0935. The highest BCUT2D eigenvalue weighted by atomic mass is 16.5. The Kier molecular flexibility index (Phi) is 5.73. The second kappa shape index (κ2) is 7.07. The first-order valence-electron chi connectivity index (χ1n) is 6.78. The van der Waals surface area contributed by atoms with Gasteiger partial charge in [0, 0.05) is 18.5 Å². The van der Waals surface area contributed by atoms with Crippen LogP contribution in [0.15, 0.2) is 10.6 Å². The van der Waals surface area contributed by atoms with E-state index in [0.717, 1.165) is 0 Å². The molecular weight excluding hydrogens is 260 g/mol. The smallest absolute Gasteiger partial charge is 0.308 e. The number of carbonyl (C=O) groups is 2. The average molecular weight is 282 g/mol. The summed E-state index contributed by atoms with van der Waals surface area (Å²) in [5.41, 5.74) is 0.183. The van der Waals surface area contributed by atoms with Crippen LogP contribution in [0.25, 0.3) is 0 Å². The van der Waals surface area contributed by atoms with E-state index in [1.54, 1.807) is 6.07 Å². The summed E-state index contributed by atoms with van der Waals surface area (Å²) in [6.45, 7) is 7.86. The van der Waals surface area contributed by atoms with Gasteiger partial charge in [-0.15, -0.1) is 0 Å². The standard InChI is InChI=1S/C14H22N2O4/c1-8(2)5-10(14(18)19)7-15-13(17)11-6-12(9(3)4)20-16-11/h6,8-10H,5,7H2,1-4H3,(H,15,17)(H,18,19). The number of aromatic nitrogens is 1. The summed E-state index contributed by atoms with van der Waals surface area (Å²) in [5, 5.41) is 15.4. The molecule has 0 aliphatic rings. The molecule has 0 saturated heterocycles. The highest BCUT2D eigenvalue weighted by molar-refractivity contribution is 5.92. The van der Waals surface area contributed by atoms with Gasteiger partial charge in [0.2, 0.25) is 0 Å². The van der Waals surface area contributed by atoms with E-state index in [1.807, 2.05) is 27.7 Å². The van der Waals surface area contributed by atoms with Crippen LogP contribution >= 0.6 is 0 Å². The first-order valence-corrected chi connectivity index (χ1v) is 6.78. The zero-order chi connectivity index (χ0) is 15.3. The number of rotatable bonds is 7. The van der Waals surface area contributed by atoms with Crippen molar-refractivity contribution in [2.45, 2.75) is 40.0 Å². The summed E-state index contributed by atoms with van der Waals surface area (Å²) >= 11 is 0. The summed E-state index contributed by atoms with van der Waals surface area (Å²) in [5.74, 6) is -0.857. The second-order valence-electron chi connectivity index (χ2n) is 5.64. The molecule has 1 amide bonds. The van der Waals surface area contributed by atoms with Gasteiger partial charge in [0.1, 0.15) is 5.76 Å². The molecule has 0 aliphatic carbocycles. The lowest BCUT2D eigenvalue weighted by molar-refractivity contribution is -0.142. The van der Waals surface area contributed by atoms with Crippen LogP contribution in [0.2, 0.25) is 0 Å². The maximum Gasteiger partial charge on any atom is 0.308 e. The SMILES string of the molecule is CC(C)CC(CNC(=O)c1cc(C(C)C)on1)C(=O)O. The Balaban J connectivity index is 2.58. The van der Waals surface area contributed by atoms with Crippen LogP contribution in [0.5, 0.6) is 0 Å². The Morgan fingerprint density at radius 3 is 2.45 bits per heavy atom. The monoisotopic (exact) mass is 282 g/mol. The van der Waals surface area contributed by atoms with Crippen molar-refractivity contribution in [3.05, 3.63) is 17.5 Å². The summed E-state index contributed by atoms with van der Waals surface area (Å²) < 4.78 is 5.04. The van der Waals surface area contributed by atoms with Gasteiger partial charge in [-0.1, -0.05) is 32.9 Å². The van der Waals surface area contributed by atoms with Crippen LogP contribution in [0.4, 0.5) is 0 Å². The number of hydrogen-bond donors (Lipinski definition) is 2. The number of hydrogen-bond acceptors (Lipinski definition) is 4. The molecule has 6 nitrogen and oxygen atoms in total. The maximum atomic E-state index is 11.9. The Morgan fingerprint density at radius 1 is 1.35 bits per heavy atom. The Morgan fingerprint density at radius 2 is 2.00 bits per heavy atom. The molecule has 1 rings (SSSR count). The van der Waals surface area contributed by atoms with Gasteiger partial charge in [-0.3, -0.25) is 9.59 Å². The molecule has 6 heteroatoms. The lowest BCUT2D eigenvalue weighted by Crippen LogP contribution is -2.33. The fourth-order valence-electron chi connectivity index (χ4n) is 1.82. The van der Waals surface area contributed by atoms with Gasteiger partial charge in [0.25, 0.3) is 5.91 Å².